The molecule has 0 radical (unpaired) electrons. The summed E-state index contributed by atoms with van der Waals surface area (Å²) in [5.41, 5.74) is 1.38. The standard InChI is InChI=1S/C26H19BrF2N2O5S/c1-35-21-9-16(20(27)12-22(21)36-14-15-4-2-5-17(28)8-15)10-23-25(33)31(26(34)37-23)13-24(32)30-19-7-3-6-18(29)11-19/h2-12H,13-14H2,1H3,(H,30,32)/b23-10+. The van der Waals surface area contributed by atoms with Crippen molar-refractivity contribution in [1.82, 2.24) is 4.90 Å². The van der Waals surface area contributed by atoms with Crippen molar-refractivity contribution >= 4 is 56.5 Å². The summed E-state index contributed by atoms with van der Waals surface area (Å²) in [5, 5.41) is 1.85. The number of nitrogens with zero attached hydrogens (tertiary/aromatic N) is 1. The average Bonchev–Trinajstić information content (AvgIpc) is 3.11. The van der Waals surface area contributed by atoms with Crippen LogP contribution in [0, 0.1) is 11.6 Å². The van der Waals surface area contributed by atoms with Gasteiger partial charge in [0.15, 0.2) is 11.5 Å². The lowest BCUT2D eigenvalue weighted by Gasteiger charge is -2.13. The van der Waals surface area contributed by atoms with Gasteiger partial charge in [-0.15, -0.1) is 0 Å². The van der Waals surface area contributed by atoms with E-state index in [2.05, 4.69) is 21.2 Å². The minimum atomic E-state index is -0.642. The number of hydrogen-bond donors (Lipinski definition) is 1. The van der Waals surface area contributed by atoms with E-state index in [1.807, 2.05) is 0 Å². The van der Waals surface area contributed by atoms with Crippen molar-refractivity contribution in [3.8, 4) is 11.5 Å². The fourth-order valence-electron chi connectivity index (χ4n) is 3.41. The molecule has 1 N–H and O–H groups in total. The quantitative estimate of drug-likeness (QED) is 0.325. The lowest BCUT2D eigenvalue weighted by Crippen LogP contribution is -2.36. The Morgan fingerprint density at radius 3 is 2.49 bits per heavy atom. The van der Waals surface area contributed by atoms with Gasteiger partial charge in [0.05, 0.1) is 12.0 Å². The smallest absolute Gasteiger partial charge is 0.294 e. The van der Waals surface area contributed by atoms with E-state index in [1.165, 1.54) is 43.5 Å². The van der Waals surface area contributed by atoms with Crippen molar-refractivity contribution in [2.75, 3.05) is 19.0 Å². The van der Waals surface area contributed by atoms with Gasteiger partial charge in [0, 0.05) is 10.2 Å². The van der Waals surface area contributed by atoms with E-state index < -0.39 is 29.4 Å². The Morgan fingerprint density at radius 2 is 1.78 bits per heavy atom. The van der Waals surface area contributed by atoms with Gasteiger partial charge in [-0.2, -0.15) is 0 Å². The van der Waals surface area contributed by atoms with Crippen LogP contribution >= 0.6 is 27.7 Å². The second-order valence-electron chi connectivity index (χ2n) is 7.77. The molecule has 37 heavy (non-hydrogen) atoms. The number of halogens is 3. The zero-order valence-corrected chi connectivity index (χ0v) is 21.7. The molecule has 1 aliphatic rings. The Labute approximate surface area is 223 Å². The minimum absolute atomic E-state index is 0.108. The molecule has 3 aromatic rings. The van der Waals surface area contributed by atoms with Gasteiger partial charge in [-0.1, -0.05) is 34.1 Å². The van der Waals surface area contributed by atoms with Crippen LogP contribution in [0.4, 0.5) is 19.3 Å². The predicted octanol–water partition coefficient (Wildman–Crippen LogP) is 5.99. The molecule has 190 valence electrons. The molecule has 0 atom stereocenters. The number of carbonyl (C=O) groups is 3. The first-order chi connectivity index (χ1) is 17.7. The molecule has 3 amide bonds. The lowest BCUT2D eigenvalue weighted by atomic mass is 10.1. The molecule has 11 heteroatoms. The minimum Gasteiger partial charge on any atom is -0.493 e. The molecular formula is C26H19BrF2N2O5S. The van der Waals surface area contributed by atoms with Crippen LogP contribution in [0.15, 0.2) is 70.0 Å². The number of methoxy groups -OCH3 is 1. The summed E-state index contributed by atoms with van der Waals surface area (Å²) >= 11 is 4.13. The van der Waals surface area contributed by atoms with Gasteiger partial charge in [0.1, 0.15) is 24.8 Å². The van der Waals surface area contributed by atoms with Crippen LogP contribution in [0.2, 0.25) is 0 Å². The monoisotopic (exact) mass is 588 g/mol. The third kappa shape index (κ3) is 6.55. The van der Waals surface area contributed by atoms with Gasteiger partial charge in [-0.05, 0) is 71.4 Å². The Hall–Kier alpha value is -3.70. The van der Waals surface area contributed by atoms with Crippen LogP contribution in [0.1, 0.15) is 11.1 Å². The van der Waals surface area contributed by atoms with Crippen molar-refractivity contribution in [3.05, 3.63) is 92.8 Å². The second kappa shape index (κ2) is 11.6. The Kier molecular flexibility index (Phi) is 8.24. The summed E-state index contributed by atoms with van der Waals surface area (Å²) in [5.74, 6) is -1.43. The zero-order valence-electron chi connectivity index (χ0n) is 19.3. The maximum absolute atomic E-state index is 13.4. The average molecular weight is 589 g/mol. The zero-order chi connectivity index (χ0) is 26.5. The van der Waals surface area contributed by atoms with Crippen LogP contribution in [0.3, 0.4) is 0 Å². The van der Waals surface area contributed by atoms with Gasteiger partial charge in [0.25, 0.3) is 11.1 Å². The van der Waals surface area contributed by atoms with E-state index in [0.29, 0.717) is 38.9 Å². The first-order valence-electron chi connectivity index (χ1n) is 10.8. The van der Waals surface area contributed by atoms with Gasteiger partial charge >= 0.3 is 0 Å². The highest BCUT2D eigenvalue weighted by Crippen LogP contribution is 2.38. The Bertz CT molecular complexity index is 1420. The van der Waals surface area contributed by atoms with Crippen LogP contribution in [0.25, 0.3) is 6.08 Å². The van der Waals surface area contributed by atoms with Crippen molar-refractivity contribution < 1.29 is 32.6 Å². The van der Waals surface area contributed by atoms with Crippen LogP contribution in [-0.4, -0.2) is 35.6 Å². The number of amides is 3. The highest BCUT2D eigenvalue weighted by Gasteiger charge is 2.36. The van der Waals surface area contributed by atoms with Crippen LogP contribution in [-0.2, 0) is 16.2 Å². The molecule has 7 nitrogen and oxygen atoms in total. The predicted molar refractivity (Wildman–Crippen MR) is 139 cm³/mol. The summed E-state index contributed by atoms with van der Waals surface area (Å²) < 4.78 is 38.5. The first kappa shape index (κ1) is 26.4. The summed E-state index contributed by atoms with van der Waals surface area (Å²) in [4.78, 5) is 38.5. The van der Waals surface area contributed by atoms with Gasteiger partial charge in [0.2, 0.25) is 5.91 Å². The lowest BCUT2D eigenvalue weighted by molar-refractivity contribution is -0.127. The summed E-state index contributed by atoms with van der Waals surface area (Å²) in [6.07, 6.45) is 1.50. The SMILES string of the molecule is COc1cc(/C=C2/SC(=O)N(CC(=O)Nc3cccc(F)c3)C2=O)c(Br)cc1OCc1cccc(F)c1. The fraction of sp³-hybridized carbons (Fsp3) is 0.115. The second-order valence-corrected chi connectivity index (χ2v) is 9.62. The number of carbonyl (C=O) groups excluding carboxylic acids is 3. The van der Waals surface area contributed by atoms with Crippen molar-refractivity contribution in [2.45, 2.75) is 6.61 Å². The molecule has 3 aromatic carbocycles. The molecule has 0 spiro atoms. The molecule has 1 heterocycles. The number of imide groups is 1. The topological polar surface area (TPSA) is 84.9 Å². The third-order valence-corrected chi connectivity index (χ3v) is 6.73. The molecule has 0 bridgehead atoms. The number of anilines is 1. The van der Waals surface area contributed by atoms with E-state index >= 15 is 0 Å². The number of ether oxygens (including phenoxy) is 2. The molecule has 0 unspecified atom stereocenters. The molecule has 0 aliphatic carbocycles. The first-order valence-corrected chi connectivity index (χ1v) is 12.4. The maximum atomic E-state index is 13.4. The van der Waals surface area contributed by atoms with Gasteiger partial charge in [-0.3, -0.25) is 19.3 Å². The molecule has 0 saturated carbocycles. The van der Waals surface area contributed by atoms with Gasteiger partial charge < -0.3 is 14.8 Å². The number of thioether (sulfide) groups is 1. The summed E-state index contributed by atoms with van der Waals surface area (Å²) in [7, 11) is 1.45. The Morgan fingerprint density at radius 1 is 1.05 bits per heavy atom. The highest BCUT2D eigenvalue weighted by atomic mass is 79.9. The van der Waals surface area contributed by atoms with E-state index in [4.69, 9.17) is 9.47 Å². The number of hydrogen-bond acceptors (Lipinski definition) is 6. The molecule has 1 aliphatic heterocycles. The Balaban J connectivity index is 1.47. The van der Waals surface area contributed by atoms with Crippen LogP contribution < -0.4 is 14.8 Å². The van der Waals surface area contributed by atoms with Crippen molar-refractivity contribution in [2.24, 2.45) is 0 Å². The highest BCUT2D eigenvalue weighted by molar-refractivity contribution is 9.10. The van der Waals surface area contributed by atoms with Crippen molar-refractivity contribution in [1.29, 1.82) is 0 Å². The third-order valence-electron chi connectivity index (χ3n) is 5.14. The fourth-order valence-corrected chi connectivity index (χ4v) is 4.68. The molecule has 4 rings (SSSR count). The summed E-state index contributed by atoms with van der Waals surface area (Å²) in [6.45, 7) is -0.410. The molecule has 0 aromatic heterocycles. The molecule has 1 saturated heterocycles. The largest absolute Gasteiger partial charge is 0.493 e. The maximum Gasteiger partial charge on any atom is 0.294 e. The van der Waals surface area contributed by atoms with E-state index in [-0.39, 0.29) is 23.0 Å². The summed E-state index contributed by atoms with van der Waals surface area (Å²) in [6, 6.07) is 14.6. The number of nitrogens with one attached hydrogen (secondary N) is 1. The van der Waals surface area contributed by atoms with Crippen molar-refractivity contribution in [3.63, 3.8) is 0 Å². The van der Waals surface area contributed by atoms with Crippen LogP contribution in [0.5, 0.6) is 11.5 Å². The molecule has 1 fully saturated rings. The van der Waals surface area contributed by atoms with Gasteiger partial charge in [-0.25, -0.2) is 8.78 Å². The van der Waals surface area contributed by atoms with E-state index in [9.17, 15) is 23.2 Å². The number of benzene rings is 3. The van der Waals surface area contributed by atoms with E-state index in [0.717, 1.165) is 11.0 Å². The molecular weight excluding hydrogens is 570 g/mol. The van der Waals surface area contributed by atoms with E-state index in [1.54, 1.807) is 24.3 Å². The number of rotatable bonds is 8. The normalized spacial score (nSPS) is 14.3.